The number of nitrogens with zero attached hydrogens (tertiary/aromatic N) is 2. The molecule has 25 heavy (non-hydrogen) atoms. The van der Waals surface area contributed by atoms with Crippen molar-refractivity contribution >= 4 is 35.8 Å². The molecule has 7 heteroatoms. The second-order valence-corrected chi connectivity index (χ2v) is 6.64. The van der Waals surface area contributed by atoms with Crippen LogP contribution >= 0.6 is 24.0 Å². The number of nitrogens with two attached hydrogens (primary N) is 1. The number of halogens is 1. The van der Waals surface area contributed by atoms with Crippen LogP contribution in [0.3, 0.4) is 0 Å². The first-order valence-electron chi connectivity index (χ1n) is 8.69. The maximum Gasteiger partial charge on any atom is 0.242 e. The quantitative estimate of drug-likeness (QED) is 0.414. The maximum atomic E-state index is 12.2. The number of para-hydroxylation sites is 1. The minimum atomic E-state index is -0.106. The molecule has 2 heterocycles. The van der Waals surface area contributed by atoms with Gasteiger partial charge >= 0.3 is 0 Å². The molecule has 1 amide bonds. The van der Waals surface area contributed by atoms with Gasteiger partial charge in [0.25, 0.3) is 0 Å². The zero-order valence-electron chi connectivity index (χ0n) is 14.6. The Morgan fingerprint density at radius 2 is 2.04 bits per heavy atom. The van der Waals surface area contributed by atoms with Crippen molar-refractivity contribution < 1.29 is 9.53 Å². The Kier molecular flexibility index (Phi) is 7.34. The fourth-order valence-corrected chi connectivity index (χ4v) is 3.22. The van der Waals surface area contributed by atoms with Gasteiger partial charge in [-0.3, -0.25) is 4.79 Å². The number of nitrogens with one attached hydrogen (secondary N) is 1. The van der Waals surface area contributed by atoms with Gasteiger partial charge in [-0.05, 0) is 24.8 Å². The van der Waals surface area contributed by atoms with Crippen molar-refractivity contribution in [2.24, 2.45) is 16.6 Å². The summed E-state index contributed by atoms with van der Waals surface area (Å²) >= 11 is 0. The second kappa shape index (κ2) is 9.26. The highest BCUT2D eigenvalue weighted by atomic mass is 127. The molecule has 1 atom stereocenters. The summed E-state index contributed by atoms with van der Waals surface area (Å²) in [6, 6.07) is 7.80. The minimum absolute atomic E-state index is 0. The second-order valence-electron chi connectivity index (χ2n) is 6.64. The van der Waals surface area contributed by atoms with Gasteiger partial charge in [-0.15, -0.1) is 24.0 Å². The molecule has 6 nitrogen and oxygen atoms in total. The SMILES string of the molecule is CC1CCN(C(N)=NCC(=O)NC2CCOc3ccccc32)CC1.I. The number of hydrogen-bond acceptors (Lipinski definition) is 3. The first-order valence-corrected chi connectivity index (χ1v) is 8.69. The van der Waals surface area contributed by atoms with Gasteiger partial charge < -0.3 is 20.7 Å². The number of carbonyl (C=O) groups excluding carboxylic acids is 1. The van der Waals surface area contributed by atoms with E-state index >= 15 is 0 Å². The van der Waals surface area contributed by atoms with Crippen molar-refractivity contribution in [2.45, 2.75) is 32.2 Å². The number of carbonyl (C=O) groups is 1. The van der Waals surface area contributed by atoms with E-state index in [1.165, 1.54) is 0 Å². The normalized spacial score (nSPS) is 20.9. The van der Waals surface area contributed by atoms with Crippen LogP contribution in [0.25, 0.3) is 0 Å². The molecule has 0 radical (unpaired) electrons. The van der Waals surface area contributed by atoms with E-state index in [9.17, 15) is 4.79 Å². The first kappa shape index (κ1) is 19.8. The zero-order chi connectivity index (χ0) is 16.9. The van der Waals surface area contributed by atoms with Crippen molar-refractivity contribution in [2.75, 3.05) is 26.2 Å². The lowest BCUT2D eigenvalue weighted by Crippen LogP contribution is -2.43. The third-order valence-corrected chi connectivity index (χ3v) is 4.79. The molecular weight excluding hydrogens is 431 g/mol. The number of likely N-dealkylation sites (tertiary alicyclic amines) is 1. The fourth-order valence-electron chi connectivity index (χ4n) is 3.22. The van der Waals surface area contributed by atoms with Crippen molar-refractivity contribution in [1.29, 1.82) is 0 Å². The van der Waals surface area contributed by atoms with Crippen LogP contribution in [0.5, 0.6) is 5.75 Å². The van der Waals surface area contributed by atoms with Gasteiger partial charge in [0, 0.05) is 25.1 Å². The average Bonchev–Trinajstić information content (AvgIpc) is 2.61. The molecule has 0 aliphatic carbocycles. The summed E-state index contributed by atoms with van der Waals surface area (Å²) in [5.41, 5.74) is 7.05. The van der Waals surface area contributed by atoms with E-state index in [1.807, 2.05) is 24.3 Å². The van der Waals surface area contributed by atoms with Crippen LogP contribution < -0.4 is 15.8 Å². The van der Waals surface area contributed by atoms with Gasteiger partial charge in [0.2, 0.25) is 5.91 Å². The van der Waals surface area contributed by atoms with E-state index in [0.717, 1.165) is 49.6 Å². The summed E-state index contributed by atoms with van der Waals surface area (Å²) < 4.78 is 5.62. The monoisotopic (exact) mass is 458 g/mol. The van der Waals surface area contributed by atoms with Gasteiger partial charge in [0.1, 0.15) is 12.3 Å². The van der Waals surface area contributed by atoms with E-state index in [0.29, 0.717) is 12.6 Å². The lowest BCUT2D eigenvalue weighted by atomic mass is 10.00. The van der Waals surface area contributed by atoms with Crippen molar-refractivity contribution in [3.05, 3.63) is 29.8 Å². The lowest BCUT2D eigenvalue weighted by molar-refractivity contribution is -0.120. The Morgan fingerprint density at radius 3 is 2.80 bits per heavy atom. The summed E-state index contributed by atoms with van der Waals surface area (Å²) in [6.45, 7) is 4.78. The topological polar surface area (TPSA) is 80.0 Å². The molecule has 1 fully saturated rings. The predicted molar refractivity (Wildman–Crippen MR) is 109 cm³/mol. The maximum absolute atomic E-state index is 12.2. The van der Waals surface area contributed by atoms with Crippen molar-refractivity contribution in [3.8, 4) is 5.75 Å². The third kappa shape index (κ3) is 5.23. The minimum Gasteiger partial charge on any atom is -0.493 e. The van der Waals surface area contributed by atoms with Gasteiger partial charge in [-0.1, -0.05) is 25.1 Å². The number of amides is 1. The van der Waals surface area contributed by atoms with Crippen LogP contribution in [0, 0.1) is 5.92 Å². The molecule has 1 unspecified atom stereocenters. The number of rotatable bonds is 3. The fraction of sp³-hybridized carbons (Fsp3) is 0.556. The lowest BCUT2D eigenvalue weighted by Gasteiger charge is -2.31. The number of hydrogen-bond donors (Lipinski definition) is 2. The van der Waals surface area contributed by atoms with E-state index in [1.54, 1.807) is 0 Å². The molecule has 2 aliphatic heterocycles. The van der Waals surface area contributed by atoms with Crippen molar-refractivity contribution in [1.82, 2.24) is 10.2 Å². The van der Waals surface area contributed by atoms with E-state index in [2.05, 4.69) is 22.1 Å². The average molecular weight is 458 g/mol. The molecule has 3 N–H and O–H groups in total. The molecule has 1 saturated heterocycles. The van der Waals surface area contributed by atoms with E-state index in [-0.39, 0.29) is 42.5 Å². The molecule has 2 aliphatic rings. The molecule has 1 aromatic rings. The van der Waals surface area contributed by atoms with Crippen LogP contribution in [-0.2, 0) is 4.79 Å². The van der Waals surface area contributed by atoms with E-state index in [4.69, 9.17) is 10.5 Å². The Morgan fingerprint density at radius 1 is 1.32 bits per heavy atom. The number of fused-ring (bicyclic) bond motifs is 1. The number of benzene rings is 1. The van der Waals surface area contributed by atoms with Gasteiger partial charge in [0.15, 0.2) is 5.96 Å². The molecule has 138 valence electrons. The smallest absolute Gasteiger partial charge is 0.242 e. The highest BCUT2D eigenvalue weighted by Gasteiger charge is 2.22. The highest BCUT2D eigenvalue weighted by Crippen LogP contribution is 2.31. The van der Waals surface area contributed by atoms with Gasteiger partial charge in [-0.2, -0.15) is 0 Å². The van der Waals surface area contributed by atoms with Crippen LogP contribution in [0.2, 0.25) is 0 Å². The first-order chi connectivity index (χ1) is 11.6. The number of guanidine groups is 1. The predicted octanol–water partition coefficient (Wildman–Crippen LogP) is 2.29. The summed E-state index contributed by atoms with van der Waals surface area (Å²) in [5, 5.41) is 3.04. The van der Waals surface area contributed by atoms with Crippen LogP contribution in [-0.4, -0.2) is 43.0 Å². The van der Waals surface area contributed by atoms with Crippen molar-refractivity contribution in [3.63, 3.8) is 0 Å². The number of ether oxygens (including phenoxy) is 1. The molecule has 0 aromatic heterocycles. The summed E-state index contributed by atoms with van der Waals surface area (Å²) in [7, 11) is 0. The third-order valence-electron chi connectivity index (χ3n) is 4.79. The zero-order valence-corrected chi connectivity index (χ0v) is 16.9. The standard InChI is InChI=1S/C18H26N4O2.HI/c1-13-6-9-22(10-7-13)18(19)20-12-17(23)21-15-8-11-24-16-5-3-2-4-14(15)16;/h2-5,13,15H,6-12H2,1H3,(H2,19,20)(H,21,23);1H. The summed E-state index contributed by atoms with van der Waals surface area (Å²) in [6.07, 6.45) is 3.02. The molecule has 1 aromatic carbocycles. The van der Waals surface area contributed by atoms with Gasteiger partial charge in [0.05, 0.1) is 12.6 Å². The Bertz CT molecular complexity index is 615. The molecular formula is C18H27IN4O2. The molecule has 0 spiro atoms. The molecule has 0 bridgehead atoms. The molecule has 0 saturated carbocycles. The van der Waals surface area contributed by atoms with Gasteiger partial charge in [-0.25, -0.2) is 4.99 Å². The Labute approximate surface area is 166 Å². The highest BCUT2D eigenvalue weighted by molar-refractivity contribution is 14.0. The summed E-state index contributed by atoms with van der Waals surface area (Å²) in [5.74, 6) is 1.96. The largest absolute Gasteiger partial charge is 0.493 e. The number of aliphatic imine (C=N–C) groups is 1. The Balaban J connectivity index is 0.00000225. The van der Waals surface area contributed by atoms with Crippen LogP contribution in [0.4, 0.5) is 0 Å². The summed E-state index contributed by atoms with van der Waals surface area (Å²) in [4.78, 5) is 18.6. The Hall–Kier alpha value is -1.51. The number of piperidine rings is 1. The van der Waals surface area contributed by atoms with Crippen LogP contribution in [0.1, 0.15) is 37.8 Å². The van der Waals surface area contributed by atoms with Crippen LogP contribution in [0.15, 0.2) is 29.3 Å². The molecule has 3 rings (SSSR count). The van der Waals surface area contributed by atoms with E-state index < -0.39 is 0 Å².